The van der Waals surface area contributed by atoms with Crippen molar-refractivity contribution < 1.29 is 26.7 Å². The SMILES string of the molecule is CCCCc1ccc2cc(-c3cc(F)c(-c4ccc(OC(F)F)c(F)c4)c(F)c3)ccc2c1. The average molecular weight is 456 g/mol. The summed E-state index contributed by atoms with van der Waals surface area (Å²) in [4.78, 5) is 0. The normalized spacial score (nSPS) is 11.4. The van der Waals surface area contributed by atoms with Crippen molar-refractivity contribution in [3.63, 3.8) is 0 Å². The summed E-state index contributed by atoms with van der Waals surface area (Å²) in [6, 6.07) is 16.9. The van der Waals surface area contributed by atoms with E-state index in [1.165, 1.54) is 17.7 Å². The summed E-state index contributed by atoms with van der Waals surface area (Å²) >= 11 is 0. The van der Waals surface area contributed by atoms with Crippen molar-refractivity contribution in [2.45, 2.75) is 32.8 Å². The smallest absolute Gasteiger partial charge is 0.387 e. The minimum atomic E-state index is -3.21. The van der Waals surface area contributed by atoms with Crippen LogP contribution in [0.25, 0.3) is 33.0 Å². The number of benzene rings is 4. The summed E-state index contributed by atoms with van der Waals surface area (Å²) in [6.45, 7) is -1.06. The Balaban J connectivity index is 1.67. The van der Waals surface area contributed by atoms with Gasteiger partial charge in [0, 0.05) is 0 Å². The fraction of sp³-hybridized carbons (Fsp3) is 0.185. The summed E-state index contributed by atoms with van der Waals surface area (Å²) in [5.41, 5.74) is 1.66. The van der Waals surface area contributed by atoms with E-state index in [4.69, 9.17) is 0 Å². The van der Waals surface area contributed by atoms with Crippen LogP contribution in [-0.2, 0) is 6.42 Å². The molecule has 0 unspecified atom stereocenters. The molecule has 4 aromatic rings. The molecule has 0 saturated heterocycles. The second-order valence-electron chi connectivity index (χ2n) is 7.84. The molecule has 0 N–H and O–H groups in total. The Labute approximate surface area is 188 Å². The summed E-state index contributed by atoms with van der Waals surface area (Å²) in [5, 5.41) is 2.00. The molecule has 0 aliphatic heterocycles. The van der Waals surface area contributed by atoms with Crippen LogP contribution in [0, 0.1) is 17.5 Å². The molecule has 0 bridgehead atoms. The Morgan fingerprint density at radius 2 is 1.33 bits per heavy atom. The number of rotatable bonds is 7. The van der Waals surface area contributed by atoms with Gasteiger partial charge in [0.05, 0.1) is 5.56 Å². The number of halogens is 5. The van der Waals surface area contributed by atoms with Crippen molar-refractivity contribution in [1.82, 2.24) is 0 Å². The molecule has 0 spiro atoms. The Bertz CT molecular complexity index is 1280. The lowest BCUT2D eigenvalue weighted by Gasteiger charge is -2.12. The van der Waals surface area contributed by atoms with Gasteiger partial charge in [0.1, 0.15) is 11.6 Å². The zero-order chi connectivity index (χ0) is 23.5. The van der Waals surface area contributed by atoms with Gasteiger partial charge in [-0.1, -0.05) is 49.7 Å². The number of hydrogen-bond donors (Lipinski definition) is 0. The summed E-state index contributed by atoms with van der Waals surface area (Å²) < 4.78 is 72.5. The number of hydrogen-bond acceptors (Lipinski definition) is 1. The van der Waals surface area contributed by atoms with E-state index in [-0.39, 0.29) is 5.56 Å². The van der Waals surface area contributed by atoms with Gasteiger partial charge in [0.2, 0.25) is 0 Å². The van der Waals surface area contributed by atoms with Gasteiger partial charge in [-0.15, -0.1) is 0 Å². The Kier molecular flexibility index (Phi) is 6.63. The summed E-state index contributed by atoms with van der Waals surface area (Å²) in [6.07, 6.45) is 3.23. The number of alkyl halides is 2. The van der Waals surface area contributed by atoms with Crippen molar-refractivity contribution in [2.75, 3.05) is 0 Å². The molecule has 0 aliphatic rings. The van der Waals surface area contributed by atoms with Gasteiger partial charge in [-0.25, -0.2) is 13.2 Å². The molecule has 4 aromatic carbocycles. The van der Waals surface area contributed by atoms with Gasteiger partial charge in [-0.2, -0.15) is 8.78 Å². The van der Waals surface area contributed by atoms with E-state index in [0.29, 0.717) is 11.1 Å². The van der Waals surface area contributed by atoms with Gasteiger partial charge < -0.3 is 4.74 Å². The first-order valence-electron chi connectivity index (χ1n) is 10.6. The molecule has 0 fully saturated rings. The van der Waals surface area contributed by atoms with Crippen LogP contribution < -0.4 is 4.74 Å². The Morgan fingerprint density at radius 1 is 0.697 bits per heavy atom. The van der Waals surface area contributed by atoms with E-state index in [0.717, 1.165) is 48.2 Å². The third-order valence-corrected chi connectivity index (χ3v) is 5.54. The molecular weight excluding hydrogens is 435 g/mol. The predicted octanol–water partition coefficient (Wildman–Crippen LogP) is 8.54. The molecule has 1 nitrogen and oxygen atoms in total. The van der Waals surface area contributed by atoms with Gasteiger partial charge in [-0.3, -0.25) is 0 Å². The van der Waals surface area contributed by atoms with E-state index < -0.39 is 35.4 Å². The lowest BCUT2D eigenvalue weighted by Crippen LogP contribution is -2.03. The highest BCUT2D eigenvalue weighted by Gasteiger charge is 2.17. The van der Waals surface area contributed by atoms with Crippen molar-refractivity contribution >= 4 is 10.8 Å². The molecule has 0 heterocycles. The molecule has 0 radical (unpaired) electrons. The average Bonchev–Trinajstić information content (AvgIpc) is 2.78. The maximum absolute atomic E-state index is 14.9. The molecule has 0 atom stereocenters. The maximum Gasteiger partial charge on any atom is 0.387 e. The Morgan fingerprint density at radius 3 is 2.00 bits per heavy atom. The van der Waals surface area contributed by atoms with Crippen LogP contribution in [0.15, 0.2) is 66.7 Å². The highest BCUT2D eigenvalue weighted by Crippen LogP contribution is 2.34. The van der Waals surface area contributed by atoms with Gasteiger partial charge in [0.25, 0.3) is 0 Å². The molecule has 4 rings (SSSR count). The van der Waals surface area contributed by atoms with Crippen LogP contribution in [0.4, 0.5) is 22.0 Å². The predicted molar refractivity (Wildman–Crippen MR) is 120 cm³/mol. The van der Waals surface area contributed by atoms with Gasteiger partial charge in [-0.05, 0) is 76.2 Å². The number of unbranched alkanes of at least 4 members (excludes halogenated alkanes) is 1. The van der Waals surface area contributed by atoms with Crippen molar-refractivity contribution in [3.8, 4) is 28.0 Å². The van der Waals surface area contributed by atoms with Crippen molar-refractivity contribution in [3.05, 3.63) is 89.7 Å². The van der Waals surface area contributed by atoms with Crippen molar-refractivity contribution in [1.29, 1.82) is 0 Å². The van der Waals surface area contributed by atoms with Crippen LogP contribution in [-0.4, -0.2) is 6.61 Å². The highest BCUT2D eigenvalue weighted by molar-refractivity contribution is 5.88. The fourth-order valence-electron chi connectivity index (χ4n) is 3.87. The molecule has 0 amide bonds. The molecule has 170 valence electrons. The van der Waals surface area contributed by atoms with Crippen LogP contribution in [0.3, 0.4) is 0 Å². The summed E-state index contributed by atoms with van der Waals surface area (Å²) in [7, 11) is 0. The highest BCUT2D eigenvalue weighted by atomic mass is 19.3. The third-order valence-electron chi connectivity index (χ3n) is 5.54. The van der Waals surface area contributed by atoms with Crippen LogP contribution >= 0.6 is 0 Å². The van der Waals surface area contributed by atoms with E-state index in [9.17, 15) is 22.0 Å². The lowest BCUT2D eigenvalue weighted by molar-refractivity contribution is -0.0521. The largest absolute Gasteiger partial charge is 0.432 e. The third kappa shape index (κ3) is 5.00. The van der Waals surface area contributed by atoms with Gasteiger partial charge >= 0.3 is 6.61 Å². The second-order valence-corrected chi connectivity index (χ2v) is 7.84. The van der Waals surface area contributed by atoms with E-state index in [1.54, 1.807) is 6.07 Å². The first-order chi connectivity index (χ1) is 15.9. The standard InChI is InChI=1S/C27H21F5O/c1-2-3-4-16-5-6-18-12-19(8-7-17(18)11-16)21-14-23(29)26(24(30)15-21)20-9-10-25(22(28)13-20)33-27(31)32/h5-15,27H,2-4H2,1H3. The molecule has 0 aromatic heterocycles. The molecule has 33 heavy (non-hydrogen) atoms. The first-order valence-corrected chi connectivity index (χ1v) is 10.6. The maximum atomic E-state index is 14.9. The molecule has 0 saturated carbocycles. The van der Waals surface area contributed by atoms with Crippen LogP contribution in [0.1, 0.15) is 25.3 Å². The van der Waals surface area contributed by atoms with E-state index in [2.05, 4.69) is 23.8 Å². The lowest BCUT2D eigenvalue weighted by atomic mass is 9.96. The number of aryl methyl sites for hydroxylation is 1. The number of ether oxygens (including phenoxy) is 1. The van der Waals surface area contributed by atoms with Gasteiger partial charge in [0.15, 0.2) is 11.6 Å². The second kappa shape index (κ2) is 9.61. The number of fused-ring (bicyclic) bond motifs is 1. The minimum absolute atomic E-state index is 0.117. The summed E-state index contributed by atoms with van der Waals surface area (Å²) in [5.74, 6) is -3.60. The Hall–Kier alpha value is -3.41. The van der Waals surface area contributed by atoms with E-state index in [1.807, 2.05) is 18.2 Å². The minimum Gasteiger partial charge on any atom is -0.432 e. The molecule has 0 aliphatic carbocycles. The van der Waals surface area contributed by atoms with Crippen molar-refractivity contribution in [2.24, 2.45) is 0 Å². The molecular formula is C27H21F5O. The van der Waals surface area contributed by atoms with Crippen LogP contribution in [0.2, 0.25) is 0 Å². The zero-order valence-electron chi connectivity index (χ0n) is 17.8. The quantitative estimate of drug-likeness (QED) is 0.253. The van der Waals surface area contributed by atoms with Crippen LogP contribution in [0.5, 0.6) is 5.75 Å². The van der Waals surface area contributed by atoms with E-state index >= 15 is 0 Å². The molecule has 6 heteroatoms. The first kappa shape index (κ1) is 22.8. The zero-order valence-corrected chi connectivity index (χ0v) is 17.8. The monoisotopic (exact) mass is 456 g/mol. The topological polar surface area (TPSA) is 9.23 Å². The fourth-order valence-corrected chi connectivity index (χ4v) is 3.87.